The summed E-state index contributed by atoms with van der Waals surface area (Å²) in [6.07, 6.45) is 0. The van der Waals surface area contributed by atoms with E-state index in [1.54, 1.807) is 0 Å². The van der Waals surface area contributed by atoms with E-state index in [0.29, 0.717) is 11.2 Å². The van der Waals surface area contributed by atoms with Crippen molar-refractivity contribution in [2.45, 2.75) is 44.4 Å². The van der Waals surface area contributed by atoms with Crippen LogP contribution in [-0.4, -0.2) is 10.4 Å². The minimum Gasteiger partial charge on any atom is -0.392 e. The van der Waals surface area contributed by atoms with Crippen molar-refractivity contribution >= 4 is 11.8 Å². The highest BCUT2D eigenvalue weighted by Gasteiger charge is 2.10. The van der Waals surface area contributed by atoms with E-state index >= 15 is 0 Å². The van der Waals surface area contributed by atoms with Crippen molar-refractivity contribution in [2.75, 3.05) is 0 Å². The van der Waals surface area contributed by atoms with Crippen LogP contribution in [0, 0.1) is 12.8 Å². The number of benzene rings is 1. The molecular weight excluding hydrogens is 204 g/mol. The van der Waals surface area contributed by atoms with Crippen molar-refractivity contribution in [3.05, 3.63) is 29.3 Å². The van der Waals surface area contributed by atoms with Crippen LogP contribution in [0.5, 0.6) is 0 Å². The molecule has 1 N–H and O–H groups in total. The summed E-state index contributed by atoms with van der Waals surface area (Å²) in [7, 11) is 0. The van der Waals surface area contributed by atoms with Gasteiger partial charge in [0.1, 0.15) is 0 Å². The molecule has 0 amide bonds. The number of aliphatic hydroxyl groups is 1. The van der Waals surface area contributed by atoms with Gasteiger partial charge in [0.25, 0.3) is 0 Å². The fourth-order valence-electron chi connectivity index (χ4n) is 1.28. The van der Waals surface area contributed by atoms with Crippen LogP contribution in [0.25, 0.3) is 0 Å². The van der Waals surface area contributed by atoms with Gasteiger partial charge in [-0.1, -0.05) is 32.9 Å². The van der Waals surface area contributed by atoms with Crippen molar-refractivity contribution in [1.82, 2.24) is 0 Å². The highest BCUT2D eigenvalue weighted by Crippen LogP contribution is 2.30. The second-order valence-electron chi connectivity index (χ2n) is 4.32. The van der Waals surface area contributed by atoms with Crippen molar-refractivity contribution < 1.29 is 5.11 Å². The fourth-order valence-corrected chi connectivity index (χ4v) is 2.34. The van der Waals surface area contributed by atoms with Gasteiger partial charge in [0.05, 0.1) is 6.61 Å². The van der Waals surface area contributed by atoms with E-state index < -0.39 is 0 Å². The fraction of sp³-hybridized carbons (Fsp3) is 0.538. The Hall–Kier alpha value is -0.470. The molecule has 1 aromatic rings. The summed E-state index contributed by atoms with van der Waals surface area (Å²) in [4.78, 5) is 1.33. The molecular formula is C13H20OS. The average molecular weight is 224 g/mol. The number of aryl methyl sites for hydroxylation is 1. The van der Waals surface area contributed by atoms with E-state index in [0.717, 1.165) is 5.56 Å². The second kappa shape index (κ2) is 5.57. The SMILES string of the molecule is Cc1cc(CO)ccc1SC(C)C(C)C. The standard InChI is InChI=1S/C13H20OS/c1-9(2)11(4)15-13-6-5-12(8-14)7-10(13)3/h5-7,9,11,14H,8H2,1-4H3. The molecule has 0 aromatic heterocycles. The zero-order chi connectivity index (χ0) is 11.4. The van der Waals surface area contributed by atoms with E-state index in [1.807, 2.05) is 17.8 Å². The van der Waals surface area contributed by atoms with Gasteiger partial charge in [-0.15, -0.1) is 11.8 Å². The number of aliphatic hydroxyl groups excluding tert-OH is 1. The smallest absolute Gasteiger partial charge is 0.0681 e. The molecule has 1 rings (SSSR count). The third-order valence-electron chi connectivity index (χ3n) is 2.67. The minimum atomic E-state index is 0.130. The summed E-state index contributed by atoms with van der Waals surface area (Å²) >= 11 is 1.92. The molecule has 0 fully saturated rings. The molecule has 0 radical (unpaired) electrons. The zero-order valence-corrected chi connectivity index (χ0v) is 10.8. The summed E-state index contributed by atoms with van der Waals surface area (Å²) in [5.41, 5.74) is 2.26. The molecule has 84 valence electrons. The van der Waals surface area contributed by atoms with Crippen molar-refractivity contribution in [3.8, 4) is 0 Å². The van der Waals surface area contributed by atoms with Gasteiger partial charge in [-0.05, 0) is 30.0 Å². The van der Waals surface area contributed by atoms with Crippen LogP contribution >= 0.6 is 11.8 Å². The number of thioether (sulfide) groups is 1. The topological polar surface area (TPSA) is 20.2 Å². The lowest BCUT2D eigenvalue weighted by Crippen LogP contribution is -2.05. The minimum absolute atomic E-state index is 0.130. The quantitative estimate of drug-likeness (QED) is 0.788. The third-order valence-corrected chi connectivity index (χ3v) is 4.30. The Morgan fingerprint density at radius 3 is 2.40 bits per heavy atom. The molecule has 1 aromatic carbocycles. The van der Waals surface area contributed by atoms with Crippen LogP contribution in [0.1, 0.15) is 31.9 Å². The van der Waals surface area contributed by atoms with Gasteiger partial charge < -0.3 is 5.11 Å². The van der Waals surface area contributed by atoms with E-state index in [4.69, 9.17) is 5.11 Å². The number of hydrogen-bond acceptors (Lipinski definition) is 2. The van der Waals surface area contributed by atoms with Gasteiger partial charge in [0, 0.05) is 10.1 Å². The Balaban J connectivity index is 2.78. The molecule has 0 heterocycles. The molecule has 0 aliphatic rings. The van der Waals surface area contributed by atoms with Gasteiger partial charge in [0.2, 0.25) is 0 Å². The summed E-state index contributed by atoms with van der Waals surface area (Å²) in [5, 5.41) is 9.64. The summed E-state index contributed by atoms with van der Waals surface area (Å²) < 4.78 is 0. The van der Waals surface area contributed by atoms with Gasteiger partial charge in [-0.2, -0.15) is 0 Å². The summed E-state index contributed by atoms with van der Waals surface area (Å²) in [5.74, 6) is 0.687. The van der Waals surface area contributed by atoms with E-state index in [2.05, 4.69) is 39.8 Å². The largest absolute Gasteiger partial charge is 0.392 e. The van der Waals surface area contributed by atoms with Crippen LogP contribution < -0.4 is 0 Å². The lowest BCUT2D eigenvalue weighted by atomic mass is 10.1. The molecule has 0 saturated carbocycles. The van der Waals surface area contributed by atoms with Crippen molar-refractivity contribution in [2.24, 2.45) is 5.92 Å². The van der Waals surface area contributed by atoms with Gasteiger partial charge in [0.15, 0.2) is 0 Å². The maximum absolute atomic E-state index is 9.02. The molecule has 0 aliphatic carbocycles. The Bertz CT molecular complexity index is 320. The van der Waals surface area contributed by atoms with Crippen LogP contribution in [0.4, 0.5) is 0 Å². The van der Waals surface area contributed by atoms with Crippen LogP contribution in [-0.2, 0) is 6.61 Å². The number of hydrogen-bond donors (Lipinski definition) is 1. The van der Waals surface area contributed by atoms with Crippen LogP contribution in [0.15, 0.2) is 23.1 Å². The highest BCUT2D eigenvalue weighted by molar-refractivity contribution is 8.00. The van der Waals surface area contributed by atoms with Crippen LogP contribution in [0.2, 0.25) is 0 Å². The predicted molar refractivity (Wildman–Crippen MR) is 67.3 cm³/mol. The normalized spacial score (nSPS) is 13.2. The first-order valence-electron chi connectivity index (χ1n) is 5.41. The van der Waals surface area contributed by atoms with Gasteiger partial charge in [-0.3, -0.25) is 0 Å². The van der Waals surface area contributed by atoms with E-state index in [1.165, 1.54) is 10.5 Å². The van der Waals surface area contributed by atoms with Crippen LogP contribution in [0.3, 0.4) is 0 Å². The molecule has 2 heteroatoms. The second-order valence-corrected chi connectivity index (χ2v) is 5.74. The predicted octanol–water partition coefficient (Wildman–Crippen LogP) is 3.62. The summed E-state index contributed by atoms with van der Waals surface area (Å²) in [6, 6.07) is 6.18. The first-order valence-corrected chi connectivity index (χ1v) is 6.29. The molecule has 1 nitrogen and oxygen atoms in total. The van der Waals surface area contributed by atoms with Crippen molar-refractivity contribution in [3.63, 3.8) is 0 Å². The molecule has 0 aliphatic heterocycles. The zero-order valence-electron chi connectivity index (χ0n) is 9.95. The van der Waals surface area contributed by atoms with E-state index in [9.17, 15) is 0 Å². The lowest BCUT2D eigenvalue weighted by Gasteiger charge is -2.16. The maximum atomic E-state index is 9.02. The first kappa shape index (κ1) is 12.6. The third kappa shape index (κ3) is 3.54. The van der Waals surface area contributed by atoms with Gasteiger partial charge in [-0.25, -0.2) is 0 Å². The monoisotopic (exact) mass is 224 g/mol. The summed E-state index contributed by atoms with van der Waals surface area (Å²) in [6.45, 7) is 8.99. The van der Waals surface area contributed by atoms with E-state index in [-0.39, 0.29) is 6.61 Å². The molecule has 15 heavy (non-hydrogen) atoms. The Kier molecular flexibility index (Phi) is 4.68. The Morgan fingerprint density at radius 1 is 1.27 bits per heavy atom. The van der Waals surface area contributed by atoms with Gasteiger partial charge >= 0.3 is 0 Å². The van der Waals surface area contributed by atoms with Crippen molar-refractivity contribution in [1.29, 1.82) is 0 Å². The first-order chi connectivity index (χ1) is 7.04. The molecule has 0 spiro atoms. The highest BCUT2D eigenvalue weighted by atomic mass is 32.2. The average Bonchev–Trinajstić information content (AvgIpc) is 2.20. The molecule has 1 unspecified atom stereocenters. The molecule has 0 saturated heterocycles. The number of rotatable bonds is 4. The maximum Gasteiger partial charge on any atom is 0.0681 e. The Labute approximate surface area is 96.9 Å². The Morgan fingerprint density at radius 2 is 1.93 bits per heavy atom. The molecule has 1 atom stereocenters. The molecule has 0 bridgehead atoms. The lowest BCUT2D eigenvalue weighted by molar-refractivity contribution is 0.281.